The Labute approximate surface area is 173 Å². The molecular weight excluding hydrogens is 409 g/mol. The molecular formula is C21H18FN3O4S. The molecule has 0 fully saturated rings. The Kier molecular flexibility index (Phi) is 6.76. The molecule has 0 bridgehead atoms. The molecule has 3 aromatic rings. The van der Waals surface area contributed by atoms with Gasteiger partial charge in [-0.3, -0.25) is 4.79 Å². The molecule has 30 heavy (non-hydrogen) atoms. The molecule has 0 atom stereocenters. The first kappa shape index (κ1) is 21.0. The molecule has 154 valence electrons. The van der Waals surface area contributed by atoms with E-state index in [1.54, 1.807) is 42.5 Å². The van der Waals surface area contributed by atoms with E-state index in [4.69, 9.17) is 4.74 Å². The largest absolute Gasteiger partial charge is 0.484 e. The second-order valence-electron chi connectivity index (χ2n) is 6.08. The molecule has 0 spiro atoms. The average molecular weight is 427 g/mol. The van der Waals surface area contributed by atoms with Crippen LogP contribution in [0.2, 0.25) is 0 Å². The number of benzene rings is 3. The van der Waals surface area contributed by atoms with E-state index < -0.39 is 10.0 Å². The number of nitrogens with one attached hydrogen (secondary N) is 2. The van der Waals surface area contributed by atoms with Crippen molar-refractivity contribution in [1.29, 1.82) is 0 Å². The number of anilines is 1. The Bertz CT molecular complexity index is 1120. The zero-order chi connectivity index (χ0) is 21.4. The summed E-state index contributed by atoms with van der Waals surface area (Å²) < 4.78 is 42.4. The minimum atomic E-state index is -3.72. The second kappa shape index (κ2) is 9.66. The zero-order valence-electron chi connectivity index (χ0n) is 15.7. The molecule has 2 N–H and O–H groups in total. The van der Waals surface area contributed by atoms with Gasteiger partial charge in [-0.15, -0.1) is 0 Å². The van der Waals surface area contributed by atoms with Crippen LogP contribution in [-0.4, -0.2) is 27.1 Å². The summed E-state index contributed by atoms with van der Waals surface area (Å²) in [5, 5.41) is 6.34. The summed E-state index contributed by atoms with van der Waals surface area (Å²) in [6.45, 7) is -0.221. The van der Waals surface area contributed by atoms with Gasteiger partial charge < -0.3 is 10.1 Å². The highest BCUT2D eigenvalue weighted by atomic mass is 32.2. The van der Waals surface area contributed by atoms with Crippen molar-refractivity contribution in [3.63, 3.8) is 0 Å². The number of halogens is 1. The van der Waals surface area contributed by atoms with E-state index in [9.17, 15) is 17.6 Å². The molecule has 0 heterocycles. The van der Waals surface area contributed by atoms with Gasteiger partial charge in [0.1, 0.15) is 11.6 Å². The fraction of sp³-hybridized carbons (Fsp3) is 0.0476. The summed E-state index contributed by atoms with van der Waals surface area (Å²) in [4.78, 5) is 14.1. The first-order valence-corrected chi connectivity index (χ1v) is 10.3. The van der Waals surface area contributed by atoms with Crippen molar-refractivity contribution in [2.75, 3.05) is 11.9 Å². The predicted octanol–water partition coefficient (Wildman–Crippen LogP) is 3.16. The van der Waals surface area contributed by atoms with Crippen LogP contribution in [0.5, 0.6) is 5.75 Å². The molecule has 0 saturated carbocycles. The Morgan fingerprint density at radius 3 is 2.30 bits per heavy atom. The van der Waals surface area contributed by atoms with Gasteiger partial charge in [0.25, 0.3) is 15.9 Å². The van der Waals surface area contributed by atoms with Gasteiger partial charge in [0.15, 0.2) is 6.61 Å². The molecule has 0 aliphatic rings. The second-order valence-corrected chi connectivity index (χ2v) is 7.74. The van der Waals surface area contributed by atoms with Crippen molar-refractivity contribution in [2.24, 2.45) is 5.10 Å². The fourth-order valence-electron chi connectivity index (χ4n) is 2.35. The van der Waals surface area contributed by atoms with Crippen molar-refractivity contribution < 1.29 is 22.3 Å². The molecule has 0 aliphatic heterocycles. The van der Waals surface area contributed by atoms with Crippen LogP contribution in [0.15, 0.2) is 88.9 Å². The normalized spacial score (nSPS) is 11.2. The van der Waals surface area contributed by atoms with Gasteiger partial charge in [-0.25, -0.2) is 9.22 Å². The Balaban J connectivity index is 1.49. The van der Waals surface area contributed by atoms with Gasteiger partial charge in [-0.1, -0.05) is 18.2 Å². The predicted molar refractivity (Wildman–Crippen MR) is 111 cm³/mol. The first-order chi connectivity index (χ1) is 14.4. The third-order valence-electron chi connectivity index (χ3n) is 3.82. The lowest BCUT2D eigenvalue weighted by molar-refractivity contribution is -0.118. The van der Waals surface area contributed by atoms with E-state index in [2.05, 4.69) is 15.2 Å². The van der Waals surface area contributed by atoms with Crippen LogP contribution >= 0.6 is 0 Å². The number of carbonyl (C=O) groups excluding carboxylic acids is 1. The molecule has 0 aliphatic carbocycles. The summed E-state index contributed by atoms with van der Waals surface area (Å²) in [5.41, 5.74) is 1.10. The number of hydrazone groups is 1. The highest BCUT2D eigenvalue weighted by molar-refractivity contribution is 7.89. The van der Waals surface area contributed by atoms with Crippen molar-refractivity contribution in [3.05, 3.63) is 90.2 Å². The van der Waals surface area contributed by atoms with Gasteiger partial charge in [-0.05, 0) is 66.2 Å². The van der Waals surface area contributed by atoms with Gasteiger partial charge >= 0.3 is 0 Å². The number of hydrogen-bond donors (Lipinski definition) is 2. The molecule has 3 rings (SSSR count). The third-order valence-corrected chi connectivity index (χ3v) is 5.06. The van der Waals surface area contributed by atoms with Crippen molar-refractivity contribution in [1.82, 2.24) is 4.83 Å². The van der Waals surface area contributed by atoms with Crippen LogP contribution in [0.1, 0.15) is 5.56 Å². The Morgan fingerprint density at radius 1 is 0.967 bits per heavy atom. The summed E-state index contributed by atoms with van der Waals surface area (Å²) >= 11 is 0. The molecule has 7 nitrogen and oxygen atoms in total. The number of sulfonamides is 1. The number of nitrogens with zero attached hydrogens (tertiary/aromatic N) is 1. The quantitative estimate of drug-likeness (QED) is 0.426. The van der Waals surface area contributed by atoms with Crippen LogP contribution in [-0.2, 0) is 14.8 Å². The van der Waals surface area contributed by atoms with E-state index in [1.165, 1.54) is 42.6 Å². The third kappa shape index (κ3) is 6.14. The van der Waals surface area contributed by atoms with Crippen LogP contribution in [0.25, 0.3) is 0 Å². The number of carbonyl (C=O) groups is 1. The van der Waals surface area contributed by atoms with Gasteiger partial charge in [0.05, 0.1) is 11.1 Å². The number of hydrogen-bond acceptors (Lipinski definition) is 5. The highest BCUT2D eigenvalue weighted by Gasteiger charge is 2.11. The van der Waals surface area contributed by atoms with E-state index >= 15 is 0 Å². The minimum absolute atomic E-state index is 0.116. The summed E-state index contributed by atoms with van der Waals surface area (Å²) in [7, 11) is -3.72. The highest BCUT2D eigenvalue weighted by Crippen LogP contribution is 2.12. The lowest BCUT2D eigenvalue weighted by Crippen LogP contribution is -2.20. The first-order valence-electron chi connectivity index (χ1n) is 8.80. The Hall–Kier alpha value is -3.72. The molecule has 0 unspecified atom stereocenters. The fourth-order valence-corrected chi connectivity index (χ4v) is 3.16. The molecule has 1 amide bonds. The minimum Gasteiger partial charge on any atom is -0.484 e. The van der Waals surface area contributed by atoms with E-state index in [0.717, 1.165) is 0 Å². The molecule has 0 saturated heterocycles. The SMILES string of the molecule is O=C(COc1ccc(/C=N\NS(=O)(=O)c2ccccc2)cc1)Nc1ccc(F)cc1. The molecule has 3 aromatic carbocycles. The maximum atomic E-state index is 12.9. The van der Waals surface area contributed by atoms with Gasteiger partial charge in [0, 0.05) is 5.69 Å². The summed E-state index contributed by atoms with van der Waals surface area (Å²) in [6.07, 6.45) is 1.35. The molecule has 0 radical (unpaired) electrons. The van der Waals surface area contributed by atoms with E-state index in [0.29, 0.717) is 17.0 Å². The molecule has 9 heteroatoms. The monoisotopic (exact) mass is 427 g/mol. The van der Waals surface area contributed by atoms with Crippen LogP contribution in [0, 0.1) is 5.82 Å². The van der Waals surface area contributed by atoms with Gasteiger partial charge in [-0.2, -0.15) is 13.5 Å². The topological polar surface area (TPSA) is 96.9 Å². The van der Waals surface area contributed by atoms with Crippen LogP contribution < -0.4 is 14.9 Å². The van der Waals surface area contributed by atoms with E-state index in [1.807, 2.05) is 0 Å². The van der Waals surface area contributed by atoms with Crippen molar-refractivity contribution in [2.45, 2.75) is 4.90 Å². The van der Waals surface area contributed by atoms with Crippen molar-refractivity contribution >= 4 is 27.8 Å². The van der Waals surface area contributed by atoms with Crippen LogP contribution in [0.3, 0.4) is 0 Å². The standard InChI is InChI=1S/C21H18FN3O4S/c22-17-8-10-18(11-9-17)24-21(26)15-29-19-12-6-16(7-13-19)14-23-25-30(27,28)20-4-2-1-3-5-20/h1-14,25H,15H2,(H,24,26)/b23-14-. The summed E-state index contributed by atoms with van der Waals surface area (Å²) in [6, 6.07) is 19.9. The lowest BCUT2D eigenvalue weighted by atomic mass is 10.2. The number of rotatable bonds is 8. The van der Waals surface area contributed by atoms with E-state index in [-0.39, 0.29) is 23.2 Å². The Morgan fingerprint density at radius 2 is 1.63 bits per heavy atom. The summed E-state index contributed by atoms with van der Waals surface area (Å²) in [5.74, 6) is -0.324. The number of amides is 1. The number of ether oxygens (including phenoxy) is 1. The van der Waals surface area contributed by atoms with Crippen LogP contribution in [0.4, 0.5) is 10.1 Å². The molecule has 0 aromatic heterocycles. The average Bonchev–Trinajstić information content (AvgIpc) is 2.75. The smallest absolute Gasteiger partial charge is 0.276 e. The zero-order valence-corrected chi connectivity index (χ0v) is 16.5. The maximum absolute atomic E-state index is 12.9. The van der Waals surface area contributed by atoms with Gasteiger partial charge in [0.2, 0.25) is 0 Å². The maximum Gasteiger partial charge on any atom is 0.276 e. The lowest BCUT2D eigenvalue weighted by Gasteiger charge is -2.07. The van der Waals surface area contributed by atoms with Crippen molar-refractivity contribution in [3.8, 4) is 5.75 Å².